The first-order valence-corrected chi connectivity index (χ1v) is 10.9. The number of allylic oxidation sites excluding steroid dienone is 3. The lowest BCUT2D eigenvalue weighted by atomic mass is 9.77. The Balaban J connectivity index is 1.53. The smallest absolute Gasteiger partial charge is 0.262 e. The summed E-state index contributed by atoms with van der Waals surface area (Å²) in [5.74, 6) is -0.532. The molecular formula is C25H15NO4S. The second-order valence-corrected chi connectivity index (χ2v) is 9.05. The molecule has 0 aromatic heterocycles. The quantitative estimate of drug-likeness (QED) is 0.742. The number of imide groups is 1. The highest BCUT2D eigenvalue weighted by atomic mass is 32.2. The molecule has 2 aliphatic heterocycles. The van der Waals surface area contributed by atoms with Crippen LogP contribution in [0.4, 0.5) is 0 Å². The van der Waals surface area contributed by atoms with Crippen molar-refractivity contribution in [2.45, 2.75) is 10.5 Å². The van der Waals surface area contributed by atoms with Crippen LogP contribution in [0.25, 0.3) is 6.08 Å². The van der Waals surface area contributed by atoms with Crippen LogP contribution in [0.15, 0.2) is 99.9 Å². The number of ether oxygens (including phenoxy) is 1. The summed E-state index contributed by atoms with van der Waals surface area (Å²) >= 11 is 0. The molecule has 0 saturated carbocycles. The third-order valence-corrected chi connectivity index (χ3v) is 7.20. The summed E-state index contributed by atoms with van der Waals surface area (Å²) < 4.78 is 19.8. The molecular weight excluding hydrogens is 410 g/mol. The van der Waals surface area contributed by atoms with E-state index in [0.29, 0.717) is 21.1 Å². The number of hydrogen-bond acceptors (Lipinski definition) is 4. The predicted octanol–water partition coefficient (Wildman–Crippen LogP) is 3.84. The topological polar surface area (TPSA) is 72.5 Å². The molecule has 6 rings (SSSR count). The van der Waals surface area contributed by atoms with E-state index in [4.69, 9.17) is 4.74 Å². The molecule has 6 heteroatoms. The van der Waals surface area contributed by atoms with Gasteiger partial charge in [-0.2, -0.15) is 0 Å². The van der Waals surface area contributed by atoms with Crippen molar-refractivity contribution in [1.82, 2.24) is 5.32 Å². The Kier molecular flexibility index (Phi) is 3.70. The third kappa shape index (κ3) is 2.52. The lowest BCUT2D eigenvalue weighted by Crippen LogP contribution is -2.42. The Hall–Kier alpha value is -3.77. The van der Waals surface area contributed by atoms with Crippen LogP contribution in [0.3, 0.4) is 0 Å². The van der Waals surface area contributed by atoms with Crippen LogP contribution in [0.5, 0.6) is 5.75 Å². The largest absolute Gasteiger partial charge is 0.472 e. The van der Waals surface area contributed by atoms with Gasteiger partial charge in [0.05, 0.1) is 21.9 Å². The normalized spacial score (nSPS) is 23.3. The lowest BCUT2D eigenvalue weighted by Gasteiger charge is -2.41. The van der Waals surface area contributed by atoms with Gasteiger partial charge >= 0.3 is 0 Å². The molecule has 150 valence electrons. The van der Waals surface area contributed by atoms with Crippen molar-refractivity contribution < 1.29 is 18.5 Å². The van der Waals surface area contributed by atoms with Crippen LogP contribution in [0, 0.1) is 0 Å². The van der Waals surface area contributed by atoms with Gasteiger partial charge in [0.15, 0.2) is 5.60 Å². The van der Waals surface area contributed by atoms with E-state index in [9.17, 15) is 13.8 Å². The van der Waals surface area contributed by atoms with Gasteiger partial charge in [-0.1, -0.05) is 48.6 Å². The molecule has 2 heterocycles. The number of rotatable bonds is 2. The van der Waals surface area contributed by atoms with E-state index < -0.39 is 28.2 Å². The van der Waals surface area contributed by atoms with Crippen molar-refractivity contribution >= 4 is 28.7 Å². The van der Waals surface area contributed by atoms with Gasteiger partial charge in [-0.05, 0) is 36.4 Å². The first-order valence-electron chi connectivity index (χ1n) is 9.77. The molecule has 31 heavy (non-hydrogen) atoms. The Labute approximate surface area is 180 Å². The highest BCUT2D eigenvalue weighted by Crippen LogP contribution is 2.48. The molecule has 0 bridgehead atoms. The highest BCUT2D eigenvalue weighted by molar-refractivity contribution is 7.89. The van der Waals surface area contributed by atoms with Gasteiger partial charge in [0.1, 0.15) is 5.75 Å². The first kappa shape index (κ1) is 18.0. The zero-order valence-electron chi connectivity index (χ0n) is 16.1. The van der Waals surface area contributed by atoms with Gasteiger partial charge in [-0.3, -0.25) is 14.9 Å². The minimum absolute atomic E-state index is 0.245. The summed E-state index contributed by atoms with van der Waals surface area (Å²) in [6, 6.07) is 12.7. The van der Waals surface area contributed by atoms with Crippen LogP contribution in [-0.2, 0) is 10.8 Å². The van der Waals surface area contributed by atoms with E-state index in [0.717, 1.165) is 16.7 Å². The Morgan fingerprint density at radius 2 is 1.74 bits per heavy atom. The van der Waals surface area contributed by atoms with Gasteiger partial charge in [-0.15, -0.1) is 0 Å². The highest BCUT2D eigenvalue weighted by Gasteiger charge is 2.45. The van der Waals surface area contributed by atoms with E-state index in [1.807, 2.05) is 72.9 Å². The summed E-state index contributed by atoms with van der Waals surface area (Å²) in [5.41, 5.74) is 1.99. The molecule has 2 aromatic carbocycles. The Bertz CT molecular complexity index is 1380. The molecule has 2 aliphatic carbocycles. The minimum atomic E-state index is -1.39. The van der Waals surface area contributed by atoms with Gasteiger partial charge in [-0.25, -0.2) is 4.21 Å². The molecule has 1 spiro atoms. The molecule has 2 unspecified atom stereocenters. The fourth-order valence-corrected chi connectivity index (χ4v) is 5.47. The summed E-state index contributed by atoms with van der Waals surface area (Å²) in [6.07, 6.45) is 13.4. The predicted molar refractivity (Wildman–Crippen MR) is 117 cm³/mol. The van der Waals surface area contributed by atoms with Gasteiger partial charge in [0.2, 0.25) is 0 Å². The molecule has 4 aliphatic rings. The lowest BCUT2D eigenvalue weighted by molar-refractivity contribution is 0.0877. The van der Waals surface area contributed by atoms with Crippen molar-refractivity contribution in [3.8, 4) is 5.75 Å². The molecule has 0 radical (unpaired) electrons. The summed E-state index contributed by atoms with van der Waals surface area (Å²) in [5, 5.41) is 2.34. The van der Waals surface area contributed by atoms with Crippen LogP contribution in [0.1, 0.15) is 26.3 Å². The Morgan fingerprint density at radius 1 is 0.903 bits per heavy atom. The fraction of sp³-hybridized carbons (Fsp3) is 0.0400. The maximum atomic E-state index is 13.2. The van der Waals surface area contributed by atoms with Gasteiger partial charge in [0, 0.05) is 26.5 Å². The third-order valence-electron chi connectivity index (χ3n) is 5.81. The molecule has 2 aromatic rings. The number of carbonyl (C=O) groups excluding carboxylic acids is 2. The number of carbonyl (C=O) groups is 2. The maximum Gasteiger partial charge on any atom is 0.262 e. The molecule has 1 N–H and O–H groups in total. The molecule has 2 amide bonds. The minimum Gasteiger partial charge on any atom is -0.472 e. The van der Waals surface area contributed by atoms with Gasteiger partial charge < -0.3 is 4.74 Å². The summed E-state index contributed by atoms with van der Waals surface area (Å²) in [7, 11) is -1.39. The fourth-order valence-electron chi connectivity index (χ4n) is 4.33. The van der Waals surface area contributed by atoms with E-state index in [2.05, 4.69) is 5.32 Å². The zero-order valence-corrected chi connectivity index (χ0v) is 16.9. The number of fused-ring (bicyclic) bond motifs is 3. The second kappa shape index (κ2) is 6.36. The molecule has 0 fully saturated rings. The van der Waals surface area contributed by atoms with Gasteiger partial charge in [0.25, 0.3) is 11.8 Å². The van der Waals surface area contributed by atoms with Crippen molar-refractivity contribution in [3.05, 3.63) is 112 Å². The van der Waals surface area contributed by atoms with E-state index in [1.54, 1.807) is 12.1 Å². The van der Waals surface area contributed by atoms with Crippen molar-refractivity contribution in [2.75, 3.05) is 0 Å². The van der Waals surface area contributed by atoms with E-state index in [-0.39, 0.29) is 5.56 Å². The van der Waals surface area contributed by atoms with Crippen molar-refractivity contribution in [2.24, 2.45) is 0 Å². The second-order valence-electron chi connectivity index (χ2n) is 7.57. The average molecular weight is 425 g/mol. The van der Waals surface area contributed by atoms with Crippen LogP contribution >= 0.6 is 0 Å². The number of amides is 2. The van der Waals surface area contributed by atoms with E-state index in [1.165, 1.54) is 0 Å². The van der Waals surface area contributed by atoms with Crippen LogP contribution < -0.4 is 10.1 Å². The van der Waals surface area contributed by atoms with Crippen LogP contribution in [0.2, 0.25) is 0 Å². The number of nitrogens with one attached hydrogen (secondary N) is 1. The molecule has 5 nitrogen and oxygen atoms in total. The number of benzene rings is 2. The van der Waals surface area contributed by atoms with Crippen molar-refractivity contribution in [1.29, 1.82) is 0 Å². The monoisotopic (exact) mass is 425 g/mol. The molecule has 2 atom stereocenters. The van der Waals surface area contributed by atoms with Crippen molar-refractivity contribution in [3.63, 3.8) is 0 Å². The standard InChI is InChI=1S/C25H15NO4S/c27-23-20-12-9-15-13-17-6-4-5-16-10-11-19(31(29)18-7-2-1-3-8-18)14-25(16,17)30-22(15)21(20)24(28)26-23/h1-14H,(H,26,27,28). The van der Waals surface area contributed by atoms with Crippen LogP contribution in [-0.4, -0.2) is 21.6 Å². The summed E-state index contributed by atoms with van der Waals surface area (Å²) in [4.78, 5) is 25.9. The molecule has 0 saturated heterocycles. The Morgan fingerprint density at radius 3 is 2.58 bits per heavy atom. The average Bonchev–Trinajstić information content (AvgIpc) is 3.09. The summed E-state index contributed by atoms with van der Waals surface area (Å²) in [6.45, 7) is 0. The maximum absolute atomic E-state index is 13.2. The van der Waals surface area contributed by atoms with E-state index >= 15 is 0 Å². The number of hydrogen-bond donors (Lipinski definition) is 1. The zero-order chi connectivity index (χ0) is 21.2. The SMILES string of the molecule is O=C1NC(=O)c2c1ccc1c2OC23C=C(S(=O)c4ccccc4)C=CC2=CC=CC3=C1. The first-order chi connectivity index (χ1) is 15.1.